The fraction of sp³-hybridized carbons (Fsp3) is 0.0333. The Hall–Kier alpha value is -4.07. The number of carbonyl (C=O) groups excluding carboxylic acids is 2. The summed E-state index contributed by atoms with van der Waals surface area (Å²) in [7, 11) is 0. The standard InChI is InChI=1S/C30H21N3O2S2/c34-27(23-15-7-2-8-16-23)28-31-33(25-19-11-4-12-20-25)30(37-28)32(24-17-9-3-10-18-24)29(35)26(36-30)21-22-13-5-1-6-14-22/h1-21H/b26-21+/t30-/m0/s1. The molecular formula is C30H21N3O2S2. The molecular weight excluding hydrogens is 498 g/mol. The van der Waals surface area contributed by atoms with E-state index < -0.39 is 4.33 Å². The molecule has 2 aliphatic rings. The number of amides is 1. The van der Waals surface area contributed by atoms with E-state index in [-0.39, 0.29) is 11.7 Å². The average Bonchev–Trinajstić information content (AvgIpc) is 3.46. The second-order valence-corrected chi connectivity index (χ2v) is 11.0. The van der Waals surface area contributed by atoms with E-state index in [1.807, 2.05) is 115 Å². The van der Waals surface area contributed by atoms with Crippen LogP contribution in [0.1, 0.15) is 15.9 Å². The minimum Gasteiger partial charge on any atom is -0.286 e. The number of hydrogen-bond acceptors (Lipinski definition) is 6. The smallest absolute Gasteiger partial charge is 0.268 e. The predicted octanol–water partition coefficient (Wildman–Crippen LogP) is 6.87. The van der Waals surface area contributed by atoms with Crippen molar-refractivity contribution >= 4 is 57.7 Å². The van der Waals surface area contributed by atoms with E-state index in [2.05, 4.69) is 0 Å². The molecule has 2 aliphatic heterocycles. The second kappa shape index (κ2) is 9.76. The topological polar surface area (TPSA) is 53.0 Å². The summed E-state index contributed by atoms with van der Waals surface area (Å²) in [5.41, 5.74) is 3.00. The van der Waals surface area contributed by atoms with Crippen LogP contribution in [0.3, 0.4) is 0 Å². The van der Waals surface area contributed by atoms with Crippen molar-refractivity contribution in [3.8, 4) is 0 Å². The molecule has 1 saturated heterocycles. The zero-order valence-corrected chi connectivity index (χ0v) is 21.2. The van der Waals surface area contributed by atoms with Gasteiger partial charge in [-0.2, -0.15) is 5.10 Å². The van der Waals surface area contributed by atoms with Crippen LogP contribution in [0.5, 0.6) is 0 Å². The summed E-state index contributed by atoms with van der Waals surface area (Å²) in [6, 6.07) is 38.1. The van der Waals surface area contributed by atoms with E-state index in [0.29, 0.717) is 15.5 Å². The summed E-state index contributed by atoms with van der Waals surface area (Å²) in [4.78, 5) is 29.9. The van der Waals surface area contributed by atoms with Crippen LogP contribution in [0.25, 0.3) is 6.08 Å². The van der Waals surface area contributed by atoms with Crippen molar-refractivity contribution in [2.75, 3.05) is 9.91 Å². The summed E-state index contributed by atoms with van der Waals surface area (Å²) in [5.74, 6) is -0.318. The first-order valence-electron chi connectivity index (χ1n) is 11.7. The number of rotatable bonds is 5. The van der Waals surface area contributed by atoms with Crippen LogP contribution in [-0.4, -0.2) is 21.1 Å². The third kappa shape index (κ3) is 4.26. The highest BCUT2D eigenvalue weighted by Crippen LogP contribution is 2.59. The van der Waals surface area contributed by atoms with E-state index in [1.165, 1.54) is 23.5 Å². The Balaban J connectivity index is 1.51. The van der Waals surface area contributed by atoms with Gasteiger partial charge < -0.3 is 0 Å². The van der Waals surface area contributed by atoms with Crippen molar-refractivity contribution in [1.82, 2.24) is 0 Å². The Morgan fingerprint density at radius 3 is 1.86 bits per heavy atom. The summed E-state index contributed by atoms with van der Waals surface area (Å²) in [5, 5.41) is 6.97. The van der Waals surface area contributed by atoms with Gasteiger partial charge in [-0.1, -0.05) is 109 Å². The normalized spacial score (nSPS) is 20.1. The molecule has 37 heavy (non-hydrogen) atoms. The Bertz CT molecular complexity index is 1510. The Kier molecular flexibility index (Phi) is 6.16. The van der Waals surface area contributed by atoms with Crippen molar-refractivity contribution < 1.29 is 9.59 Å². The minimum absolute atomic E-state index is 0.142. The first kappa shape index (κ1) is 23.3. The number of hydrazone groups is 1. The lowest BCUT2D eigenvalue weighted by molar-refractivity contribution is -0.114. The molecule has 0 N–H and O–H groups in total. The second-order valence-electron chi connectivity index (χ2n) is 8.40. The highest BCUT2D eigenvalue weighted by atomic mass is 32.2. The predicted molar refractivity (Wildman–Crippen MR) is 153 cm³/mol. The molecule has 4 aromatic carbocycles. The van der Waals surface area contributed by atoms with Crippen LogP contribution >= 0.6 is 23.5 Å². The Morgan fingerprint density at radius 2 is 1.24 bits per heavy atom. The monoisotopic (exact) mass is 519 g/mol. The lowest BCUT2D eigenvalue weighted by atomic mass is 10.1. The quantitative estimate of drug-likeness (QED) is 0.213. The van der Waals surface area contributed by atoms with Gasteiger partial charge in [0.15, 0.2) is 5.04 Å². The molecule has 0 radical (unpaired) electrons. The van der Waals surface area contributed by atoms with E-state index in [1.54, 1.807) is 22.0 Å². The third-order valence-electron chi connectivity index (χ3n) is 5.97. The molecule has 1 amide bonds. The summed E-state index contributed by atoms with van der Waals surface area (Å²) in [6.07, 6.45) is 1.90. The molecule has 1 atom stereocenters. The van der Waals surface area contributed by atoms with Crippen molar-refractivity contribution in [3.05, 3.63) is 137 Å². The van der Waals surface area contributed by atoms with E-state index in [0.717, 1.165) is 16.9 Å². The van der Waals surface area contributed by atoms with Gasteiger partial charge in [0, 0.05) is 11.3 Å². The number of nitrogens with zero attached hydrogens (tertiary/aromatic N) is 3. The van der Waals surface area contributed by atoms with Crippen LogP contribution in [0.15, 0.2) is 131 Å². The SMILES string of the molecule is O=C(C1=NN(c2ccccc2)[C@]2(S1)S/C(=C/c1ccccc1)C(=O)N2c1ccccc1)c1ccccc1. The first-order chi connectivity index (χ1) is 18.2. The summed E-state index contributed by atoms with van der Waals surface area (Å²) < 4.78 is -1.06. The van der Waals surface area contributed by atoms with Crippen LogP contribution in [-0.2, 0) is 4.79 Å². The van der Waals surface area contributed by atoms with Crippen molar-refractivity contribution in [2.24, 2.45) is 5.10 Å². The van der Waals surface area contributed by atoms with Gasteiger partial charge in [-0.3, -0.25) is 14.5 Å². The maximum Gasteiger partial charge on any atom is 0.268 e. The zero-order valence-electron chi connectivity index (χ0n) is 19.6. The maximum absolute atomic E-state index is 14.1. The molecule has 2 heterocycles. The number of para-hydroxylation sites is 2. The van der Waals surface area contributed by atoms with Crippen LogP contribution < -0.4 is 9.91 Å². The number of hydrogen-bond donors (Lipinski definition) is 0. The molecule has 7 heteroatoms. The number of thioether (sulfide) groups is 2. The number of anilines is 2. The van der Waals surface area contributed by atoms with E-state index in [9.17, 15) is 9.59 Å². The zero-order chi connectivity index (χ0) is 25.2. The molecule has 0 aliphatic carbocycles. The molecule has 0 bridgehead atoms. The maximum atomic E-state index is 14.1. The highest BCUT2D eigenvalue weighted by molar-refractivity contribution is 8.29. The van der Waals surface area contributed by atoms with Gasteiger partial charge in [-0.15, -0.1) is 0 Å². The van der Waals surface area contributed by atoms with E-state index >= 15 is 0 Å². The fourth-order valence-corrected chi connectivity index (χ4v) is 7.21. The summed E-state index contributed by atoms with van der Waals surface area (Å²) >= 11 is 2.71. The molecule has 5 nitrogen and oxygen atoms in total. The van der Waals surface area contributed by atoms with Crippen LogP contribution in [0.4, 0.5) is 11.4 Å². The van der Waals surface area contributed by atoms with Crippen LogP contribution in [0, 0.1) is 0 Å². The Labute approximate surface area is 223 Å². The van der Waals surface area contributed by atoms with Crippen molar-refractivity contribution in [3.63, 3.8) is 0 Å². The first-order valence-corrected chi connectivity index (χ1v) is 13.4. The third-order valence-corrected chi connectivity index (χ3v) is 8.69. The number of Topliss-reactive ketones (excluding diaryl/α,β-unsaturated/α-hetero) is 1. The largest absolute Gasteiger partial charge is 0.286 e. The number of benzene rings is 4. The number of ketones is 1. The van der Waals surface area contributed by atoms with Gasteiger partial charge in [0.1, 0.15) is 0 Å². The van der Waals surface area contributed by atoms with E-state index in [4.69, 9.17) is 5.10 Å². The van der Waals surface area contributed by atoms with Gasteiger partial charge in [0.05, 0.1) is 10.6 Å². The van der Waals surface area contributed by atoms with Crippen molar-refractivity contribution in [2.45, 2.75) is 4.33 Å². The van der Waals surface area contributed by atoms with Gasteiger partial charge in [-0.05, 0) is 47.7 Å². The molecule has 180 valence electrons. The van der Waals surface area contributed by atoms with Crippen LogP contribution in [0.2, 0.25) is 0 Å². The molecule has 6 rings (SSSR count). The molecule has 0 unspecified atom stereocenters. The van der Waals surface area contributed by atoms with Gasteiger partial charge in [0.25, 0.3) is 5.91 Å². The number of carbonyl (C=O) groups is 2. The Morgan fingerprint density at radius 1 is 0.703 bits per heavy atom. The van der Waals surface area contributed by atoms with Crippen molar-refractivity contribution in [1.29, 1.82) is 0 Å². The lowest BCUT2D eigenvalue weighted by Crippen LogP contribution is -2.51. The molecule has 1 spiro atoms. The fourth-order valence-electron chi connectivity index (χ4n) is 4.26. The molecule has 1 fully saturated rings. The minimum atomic E-state index is -1.06. The average molecular weight is 520 g/mol. The lowest BCUT2D eigenvalue weighted by Gasteiger charge is -2.38. The van der Waals surface area contributed by atoms with Gasteiger partial charge in [-0.25, -0.2) is 5.01 Å². The summed E-state index contributed by atoms with van der Waals surface area (Å²) in [6.45, 7) is 0. The molecule has 4 aromatic rings. The highest BCUT2D eigenvalue weighted by Gasteiger charge is 2.60. The molecule has 0 aromatic heterocycles. The molecule has 0 saturated carbocycles. The van der Waals surface area contributed by atoms with Gasteiger partial charge in [0.2, 0.25) is 10.1 Å². The van der Waals surface area contributed by atoms with Gasteiger partial charge >= 0.3 is 0 Å².